The molecule has 0 fully saturated rings. The predicted octanol–water partition coefficient (Wildman–Crippen LogP) is -0.831. The summed E-state index contributed by atoms with van der Waals surface area (Å²) in [7, 11) is 0. The van der Waals surface area contributed by atoms with Crippen molar-refractivity contribution in [3.8, 4) is 5.88 Å². The summed E-state index contributed by atoms with van der Waals surface area (Å²) in [6.45, 7) is 3.04. The third-order valence-electron chi connectivity index (χ3n) is 1.52. The van der Waals surface area contributed by atoms with Crippen molar-refractivity contribution in [1.29, 1.82) is 0 Å². The molecule has 1 aromatic heterocycles. The highest BCUT2D eigenvalue weighted by Gasteiger charge is 2.08. The van der Waals surface area contributed by atoms with Crippen LogP contribution in [0.4, 0.5) is 17.5 Å². The van der Waals surface area contributed by atoms with Gasteiger partial charge in [-0.25, -0.2) is 0 Å². The van der Waals surface area contributed by atoms with Gasteiger partial charge in [-0.2, -0.15) is 9.97 Å². The second-order valence-electron chi connectivity index (χ2n) is 2.58. The maximum Gasteiger partial charge on any atom is 0.245 e. The molecule has 0 spiro atoms. The summed E-state index contributed by atoms with van der Waals surface area (Å²) in [5, 5.41) is 2.94. The highest BCUT2D eigenvalue weighted by atomic mass is 16.5. The second-order valence-corrected chi connectivity index (χ2v) is 2.58. The van der Waals surface area contributed by atoms with E-state index in [-0.39, 0.29) is 23.3 Å². The van der Waals surface area contributed by atoms with E-state index >= 15 is 0 Å². The number of anilines is 3. The molecule has 0 saturated carbocycles. The van der Waals surface area contributed by atoms with E-state index in [9.17, 15) is 0 Å². The Morgan fingerprint density at radius 3 is 2.64 bits per heavy atom. The minimum atomic E-state index is 0.0446. The van der Waals surface area contributed by atoms with E-state index in [1.54, 1.807) is 0 Å². The van der Waals surface area contributed by atoms with E-state index in [0.717, 1.165) is 6.54 Å². The molecule has 0 aliphatic carbocycles. The van der Waals surface area contributed by atoms with Crippen LogP contribution in [0.25, 0.3) is 0 Å². The Morgan fingerprint density at radius 1 is 1.29 bits per heavy atom. The first-order valence-electron chi connectivity index (χ1n) is 4.17. The summed E-state index contributed by atoms with van der Waals surface area (Å²) in [6.07, 6.45) is 0. The first kappa shape index (κ1) is 10.3. The minimum Gasteiger partial charge on any atom is -0.460 e. The number of ether oxygens (including phenoxy) is 1. The lowest BCUT2D eigenvalue weighted by Crippen LogP contribution is -2.20. The van der Waals surface area contributed by atoms with Crippen LogP contribution in [0.2, 0.25) is 0 Å². The van der Waals surface area contributed by atoms with E-state index in [4.69, 9.17) is 21.9 Å². The van der Waals surface area contributed by atoms with Gasteiger partial charge in [-0.3, -0.25) is 5.32 Å². The number of rotatable bonds is 4. The number of nitrogens with one attached hydrogen (secondary N) is 1. The quantitative estimate of drug-likeness (QED) is 0.367. The Kier molecular flexibility index (Phi) is 3.29. The van der Waals surface area contributed by atoms with Crippen LogP contribution in [-0.4, -0.2) is 23.2 Å². The average Bonchev–Trinajstić information content (AvgIpc) is 2.13. The molecule has 0 aliphatic heterocycles. The van der Waals surface area contributed by atoms with Gasteiger partial charge < -0.3 is 21.9 Å². The van der Waals surface area contributed by atoms with Gasteiger partial charge in [0.1, 0.15) is 12.4 Å². The molecule has 0 radical (unpaired) electrons. The Labute approximate surface area is 81.6 Å². The maximum atomic E-state index is 5.58. The van der Waals surface area contributed by atoms with Gasteiger partial charge in [-0.05, 0) is 6.54 Å². The fourth-order valence-electron chi connectivity index (χ4n) is 0.814. The standard InChI is InChI=1S/C7H14N6O/c1-2-11-3-14-6-4(8)5(9)12-7(10)13-6/h11H,2-3,8H2,1H3,(H4,9,10,12,13). The molecule has 0 saturated heterocycles. The Hall–Kier alpha value is -1.76. The molecule has 78 valence electrons. The SMILES string of the molecule is CCNCOc1nc(N)nc(N)c1N. The van der Waals surface area contributed by atoms with Gasteiger partial charge >= 0.3 is 0 Å². The van der Waals surface area contributed by atoms with Gasteiger partial charge in [0.05, 0.1) is 0 Å². The summed E-state index contributed by atoms with van der Waals surface area (Å²) in [6, 6.07) is 0. The molecule has 0 bridgehead atoms. The van der Waals surface area contributed by atoms with Crippen LogP contribution in [0.5, 0.6) is 5.88 Å². The van der Waals surface area contributed by atoms with E-state index in [2.05, 4.69) is 15.3 Å². The molecular weight excluding hydrogens is 184 g/mol. The monoisotopic (exact) mass is 198 g/mol. The van der Waals surface area contributed by atoms with Gasteiger partial charge in [0.25, 0.3) is 0 Å². The van der Waals surface area contributed by atoms with Crippen LogP contribution in [0.1, 0.15) is 6.92 Å². The van der Waals surface area contributed by atoms with Gasteiger partial charge in [-0.15, -0.1) is 0 Å². The number of nitrogens with two attached hydrogens (primary N) is 3. The molecule has 0 aromatic carbocycles. The highest BCUT2D eigenvalue weighted by Crippen LogP contribution is 2.23. The molecule has 14 heavy (non-hydrogen) atoms. The smallest absolute Gasteiger partial charge is 0.245 e. The molecular formula is C7H14N6O. The van der Waals surface area contributed by atoms with E-state index < -0.39 is 0 Å². The highest BCUT2D eigenvalue weighted by molar-refractivity contribution is 5.65. The van der Waals surface area contributed by atoms with Crippen molar-refractivity contribution in [3.05, 3.63) is 0 Å². The summed E-state index contributed by atoms with van der Waals surface area (Å²) >= 11 is 0. The van der Waals surface area contributed by atoms with Crippen molar-refractivity contribution >= 4 is 17.5 Å². The van der Waals surface area contributed by atoms with Crippen LogP contribution >= 0.6 is 0 Å². The zero-order valence-electron chi connectivity index (χ0n) is 7.95. The molecule has 0 amide bonds. The van der Waals surface area contributed by atoms with Crippen LogP contribution in [0, 0.1) is 0 Å². The van der Waals surface area contributed by atoms with Gasteiger partial charge in [-0.1, -0.05) is 6.92 Å². The molecule has 7 nitrogen and oxygen atoms in total. The summed E-state index contributed by atoms with van der Waals surface area (Å²) in [5.41, 5.74) is 16.6. The van der Waals surface area contributed by atoms with Gasteiger partial charge in [0, 0.05) is 0 Å². The number of nitrogens with zero attached hydrogens (tertiary/aromatic N) is 2. The van der Waals surface area contributed by atoms with Crippen molar-refractivity contribution < 1.29 is 4.74 Å². The number of hydrogen-bond donors (Lipinski definition) is 4. The lowest BCUT2D eigenvalue weighted by atomic mass is 10.5. The molecule has 1 heterocycles. The van der Waals surface area contributed by atoms with Crippen molar-refractivity contribution in [2.24, 2.45) is 0 Å². The van der Waals surface area contributed by atoms with Gasteiger partial charge in [0.15, 0.2) is 5.82 Å². The molecule has 0 aliphatic rings. The third-order valence-corrected chi connectivity index (χ3v) is 1.52. The van der Waals surface area contributed by atoms with Crippen molar-refractivity contribution in [2.45, 2.75) is 6.92 Å². The predicted molar refractivity (Wildman–Crippen MR) is 54.4 cm³/mol. The largest absolute Gasteiger partial charge is 0.460 e. The fourth-order valence-corrected chi connectivity index (χ4v) is 0.814. The normalized spacial score (nSPS) is 10.1. The topological polar surface area (TPSA) is 125 Å². The van der Waals surface area contributed by atoms with Crippen LogP contribution in [-0.2, 0) is 0 Å². The number of nitrogen functional groups attached to an aromatic ring is 3. The van der Waals surface area contributed by atoms with Gasteiger partial charge in [0.2, 0.25) is 11.8 Å². The molecule has 0 atom stereocenters. The Morgan fingerprint density at radius 2 is 2.00 bits per heavy atom. The zero-order valence-corrected chi connectivity index (χ0v) is 7.95. The van der Waals surface area contributed by atoms with Crippen molar-refractivity contribution in [2.75, 3.05) is 30.5 Å². The van der Waals surface area contributed by atoms with Crippen LogP contribution in [0.15, 0.2) is 0 Å². The molecule has 1 aromatic rings. The van der Waals surface area contributed by atoms with E-state index in [0.29, 0.717) is 6.73 Å². The Bertz CT molecular complexity index is 315. The summed E-state index contributed by atoms with van der Waals surface area (Å²) in [5.74, 6) is 0.378. The lowest BCUT2D eigenvalue weighted by Gasteiger charge is -2.09. The second kappa shape index (κ2) is 4.47. The molecule has 1 rings (SSSR count). The lowest BCUT2D eigenvalue weighted by molar-refractivity contribution is 0.278. The molecule has 0 unspecified atom stereocenters. The fraction of sp³-hybridized carbons (Fsp3) is 0.429. The molecule has 7 N–H and O–H groups in total. The van der Waals surface area contributed by atoms with Crippen molar-refractivity contribution in [1.82, 2.24) is 15.3 Å². The maximum absolute atomic E-state index is 5.58. The summed E-state index contributed by atoms with van der Waals surface area (Å²) < 4.78 is 5.19. The first-order chi connectivity index (χ1) is 6.65. The van der Waals surface area contributed by atoms with E-state index in [1.165, 1.54) is 0 Å². The number of hydrogen-bond acceptors (Lipinski definition) is 7. The first-order valence-corrected chi connectivity index (χ1v) is 4.17. The average molecular weight is 198 g/mol. The minimum absolute atomic E-state index is 0.0446. The Balaban J connectivity index is 2.75. The number of aromatic nitrogens is 2. The van der Waals surface area contributed by atoms with Crippen LogP contribution < -0.4 is 27.3 Å². The van der Waals surface area contributed by atoms with Crippen molar-refractivity contribution in [3.63, 3.8) is 0 Å². The van der Waals surface area contributed by atoms with E-state index in [1.807, 2.05) is 6.92 Å². The van der Waals surface area contributed by atoms with Crippen LogP contribution in [0.3, 0.4) is 0 Å². The zero-order chi connectivity index (χ0) is 10.6. The summed E-state index contributed by atoms with van der Waals surface area (Å²) in [4.78, 5) is 7.49. The molecule has 7 heteroatoms. The third kappa shape index (κ3) is 2.36.